The molecule has 1 heterocycles. The van der Waals surface area contributed by atoms with E-state index in [0.717, 1.165) is 11.1 Å². The lowest BCUT2D eigenvalue weighted by Gasteiger charge is -2.25. The number of aliphatic hydroxyl groups excluding tert-OH is 1. The van der Waals surface area contributed by atoms with Gasteiger partial charge in [-0.3, -0.25) is 9.59 Å². The number of hydrogen-bond donors (Lipinski definition) is 1. The summed E-state index contributed by atoms with van der Waals surface area (Å²) in [6.07, 6.45) is 0. The van der Waals surface area contributed by atoms with Crippen LogP contribution in [-0.4, -0.2) is 42.0 Å². The van der Waals surface area contributed by atoms with E-state index in [1.807, 2.05) is 31.2 Å². The van der Waals surface area contributed by atoms with Crippen LogP contribution in [-0.2, 0) is 20.9 Å². The monoisotopic (exact) mass is 475 g/mol. The van der Waals surface area contributed by atoms with Crippen LogP contribution in [0.15, 0.2) is 78.4 Å². The first-order valence-electron chi connectivity index (χ1n) is 11.2. The highest BCUT2D eigenvalue weighted by Gasteiger charge is 2.45. The molecular formula is C28H26FNO5. The van der Waals surface area contributed by atoms with Crippen molar-refractivity contribution >= 4 is 17.4 Å². The van der Waals surface area contributed by atoms with Crippen LogP contribution < -0.4 is 4.74 Å². The number of carbonyl (C=O) groups is 2. The van der Waals surface area contributed by atoms with Crippen molar-refractivity contribution in [3.05, 3.63) is 106 Å². The van der Waals surface area contributed by atoms with Crippen molar-refractivity contribution in [1.82, 2.24) is 4.90 Å². The molecule has 6 nitrogen and oxygen atoms in total. The number of ether oxygens (including phenoxy) is 2. The van der Waals surface area contributed by atoms with Gasteiger partial charge in [0.05, 0.1) is 18.2 Å². The molecule has 0 unspecified atom stereocenters. The average Bonchev–Trinajstić information content (AvgIpc) is 3.11. The van der Waals surface area contributed by atoms with E-state index in [1.54, 1.807) is 24.3 Å². The summed E-state index contributed by atoms with van der Waals surface area (Å²) in [5.41, 5.74) is 3.01. The zero-order valence-electron chi connectivity index (χ0n) is 19.5. The van der Waals surface area contributed by atoms with Crippen molar-refractivity contribution < 1.29 is 28.6 Å². The van der Waals surface area contributed by atoms with E-state index in [4.69, 9.17) is 9.47 Å². The normalized spacial score (nSPS) is 17.1. The van der Waals surface area contributed by atoms with Crippen LogP contribution in [0.1, 0.15) is 28.3 Å². The van der Waals surface area contributed by atoms with Crippen LogP contribution in [0.2, 0.25) is 0 Å². The van der Waals surface area contributed by atoms with E-state index in [-0.39, 0.29) is 24.5 Å². The van der Waals surface area contributed by atoms with Gasteiger partial charge in [0.1, 0.15) is 23.9 Å². The van der Waals surface area contributed by atoms with Gasteiger partial charge < -0.3 is 19.5 Å². The number of aliphatic hydroxyl groups is 1. The molecule has 0 aromatic heterocycles. The largest absolute Gasteiger partial charge is 0.507 e. The summed E-state index contributed by atoms with van der Waals surface area (Å²) in [4.78, 5) is 27.1. The Morgan fingerprint density at radius 2 is 1.74 bits per heavy atom. The number of halogens is 1. The van der Waals surface area contributed by atoms with Crippen LogP contribution in [0.25, 0.3) is 5.76 Å². The van der Waals surface area contributed by atoms with E-state index in [2.05, 4.69) is 0 Å². The smallest absolute Gasteiger partial charge is 0.295 e. The van der Waals surface area contributed by atoms with E-state index in [9.17, 15) is 19.1 Å². The minimum absolute atomic E-state index is 0.0499. The molecule has 1 amide bonds. The number of methoxy groups -OCH3 is 1. The Kier molecular flexibility index (Phi) is 7.27. The molecule has 0 saturated carbocycles. The van der Waals surface area contributed by atoms with Crippen molar-refractivity contribution in [3.63, 3.8) is 0 Å². The fourth-order valence-electron chi connectivity index (χ4n) is 4.13. The molecule has 0 spiro atoms. The molecule has 7 heteroatoms. The van der Waals surface area contributed by atoms with Gasteiger partial charge in [0.25, 0.3) is 11.7 Å². The molecule has 1 saturated heterocycles. The fourth-order valence-corrected chi connectivity index (χ4v) is 4.13. The molecule has 0 radical (unpaired) electrons. The van der Waals surface area contributed by atoms with E-state index in [1.165, 1.54) is 36.3 Å². The zero-order valence-corrected chi connectivity index (χ0v) is 19.5. The first-order chi connectivity index (χ1) is 16.9. The zero-order chi connectivity index (χ0) is 24.9. The highest BCUT2D eigenvalue weighted by Crippen LogP contribution is 2.39. The molecular weight excluding hydrogens is 449 g/mol. The predicted octanol–water partition coefficient (Wildman–Crippen LogP) is 4.78. The third-order valence-corrected chi connectivity index (χ3v) is 5.88. The maximum atomic E-state index is 13.5. The molecule has 1 aliphatic rings. The molecule has 0 aliphatic carbocycles. The Morgan fingerprint density at radius 3 is 2.40 bits per heavy atom. The summed E-state index contributed by atoms with van der Waals surface area (Å²) in [7, 11) is 1.49. The molecule has 3 aromatic rings. The molecule has 1 aliphatic heterocycles. The molecule has 3 aromatic carbocycles. The number of likely N-dealkylation sites (tertiary alicyclic amines) is 1. The van der Waals surface area contributed by atoms with Crippen molar-refractivity contribution in [2.75, 3.05) is 20.3 Å². The maximum Gasteiger partial charge on any atom is 0.295 e. The Balaban J connectivity index is 1.63. The predicted molar refractivity (Wildman–Crippen MR) is 129 cm³/mol. The van der Waals surface area contributed by atoms with Gasteiger partial charge in [-0.25, -0.2) is 4.39 Å². The lowest BCUT2D eigenvalue weighted by atomic mass is 9.95. The lowest BCUT2D eigenvalue weighted by molar-refractivity contribution is -0.140. The summed E-state index contributed by atoms with van der Waals surface area (Å²) in [5.74, 6) is -1.69. The summed E-state index contributed by atoms with van der Waals surface area (Å²) < 4.78 is 24.5. The second kappa shape index (κ2) is 10.5. The van der Waals surface area contributed by atoms with Gasteiger partial charge >= 0.3 is 0 Å². The molecule has 0 bridgehead atoms. The number of hydrogen-bond acceptors (Lipinski definition) is 5. The minimum Gasteiger partial charge on any atom is -0.507 e. The Hall–Kier alpha value is -3.97. The minimum atomic E-state index is -0.858. The highest BCUT2D eigenvalue weighted by molar-refractivity contribution is 6.46. The van der Waals surface area contributed by atoms with E-state index in [0.29, 0.717) is 23.5 Å². The molecule has 180 valence electrons. The maximum absolute atomic E-state index is 13.5. The van der Waals surface area contributed by atoms with Crippen molar-refractivity contribution in [2.45, 2.75) is 19.6 Å². The van der Waals surface area contributed by atoms with E-state index >= 15 is 0 Å². The van der Waals surface area contributed by atoms with Gasteiger partial charge in [-0.05, 0) is 54.4 Å². The first kappa shape index (κ1) is 24.2. The molecule has 1 N–H and O–H groups in total. The number of rotatable bonds is 8. The van der Waals surface area contributed by atoms with Gasteiger partial charge in [-0.15, -0.1) is 0 Å². The Morgan fingerprint density at radius 1 is 1.03 bits per heavy atom. The van der Waals surface area contributed by atoms with Crippen LogP contribution in [0.5, 0.6) is 5.75 Å². The third kappa shape index (κ3) is 5.25. The van der Waals surface area contributed by atoms with Gasteiger partial charge in [0, 0.05) is 19.2 Å². The quantitative estimate of drug-likeness (QED) is 0.288. The second-order valence-corrected chi connectivity index (χ2v) is 8.34. The SMILES string of the molecule is COCCN1C(=O)C(=O)/C(=C(/O)c2ccc(OCc3cccc(C)c3)cc2)[C@H]1c1ccc(F)cc1. The second-order valence-electron chi connectivity index (χ2n) is 8.34. The van der Waals surface area contributed by atoms with Crippen LogP contribution in [0, 0.1) is 12.7 Å². The van der Waals surface area contributed by atoms with Gasteiger partial charge in [-0.2, -0.15) is 0 Å². The van der Waals surface area contributed by atoms with Gasteiger partial charge in [0.15, 0.2) is 0 Å². The van der Waals surface area contributed by atoms with E-state index < -0.39 is 23.5 Å². The van der Waals surface area contributed by atoms with Gasteiger partial charge in [-0.1, -0.05) is 42.0 Å². The summed E-state index contributed by atoms with van der Waals surface area (Å²) in [6.45, 7) is 2.75. The number of nitrogens with zero attached hydrogens (tertiary/aromatic N) is 1. The molecule has 1 fully saturated rings. The van der Waals surface area contributed by atoms with Gasteiger partial charge in [0.2, 0.25) is 0 Å². The number of amides is 1. The summed E-state index contributed by atoms with van der Waals surface area (Å²) >= 11 is 0. The van der Waals surface area contributed by atoms with Crippen molar-refractivity contribution in [2.24, 2.45) is 0 Å². The average molecular weight is 476 g/mol. The number of aryl methyl sites for hydroxylation is 1. The highest BCUT2D eigenvalue weighted by atomic mass is 19.1. The standard InChI is InChI=1S/C28H26FNO5/c1-18-4-3-5-19(16-18)17-35-23-12-8-21(9-13-23)26(31)24-25(20-6-10-22(29)11-7-20)30(14-15-34-2)28(33)27(24)32/h3-13,16,25,31H,14-15,17H2,1-2H3/b26-24+/t25-/m1/s1. The van der Waals surface area contributed by atoms with Crippen molar-refractivity contribution in [1.29, 1.82) is 0 Å². The van der Waals surface area contributed by atoms with Crippen LogP contribution in [0.4, 0.5) is 4.39 Å². The Bertz CT molecular complexity index is 1250. The third-order valence-electron chi connectivity index (χ3n) is 5.88. The van der Waals surface area contributed by atoms with Crippen molar-refractivity contribution in [3.8, 4) is 5.75 Å². The summed E-state index contributed by atoms with van der Waals surface area (Å²) in [6, 6.07) is 19.3. The number of carbonyl (C=O) groups excluding carboxylic acids is 2. The topological polar surface area (TPSA) is 76.1 Å². The Labute approximate surface area is 203 Å². The fraction of sp³-hybridized carbons (Fsp3) is 0.214. The molecule has 1 atom stereocenters. The van der Waals surface area contributed by atoms with Crippen LogP contribution in [0.3, 0.4) is 0 Å². The number of benzene rings is 3. The molecule has 4 rings (SSSR count). The molecule has 35 heavy (non-hydrogen) atoms. The lowest BCUT2D eigenvalue weighted by Crippen LogP contribution is -2.32. The van der Waals surface area contributed by atoms with Crippen LogP contribution >= 0.6 is 0 Å². The summed E-state index contributed by atoms with van der Waals surface area (Å²) in [5, 5.41) is 11.1. The number of ketones is 1. The number of Topliss-reactive ketones (excluding diaryl/α,β-unsaturated/α-hetero) is 1. The first-order valence-corrected chi connectivity index (χ1v) is 11.2.